The van der Waals surface area contributed by atoms with Crippen LogP contribution in [0.25, 0.3) is 11.4 Å². The number of thioether (sulfide) groups is 1. The first-order chi connectivity index (χ1) is 15.6. The molecule has 0 spiro atoms. The van der Waals surface area contributed by atoms with Crippen LogP contribution >= 0.6 is 35.0 Å². The van der Waals surface area contributed by atoms with Gasteiger partial charge in [0.1, 0.15) is 11.5 Å². The average Bonchev–Trinajstić information content (AvgIpc) is 3.46. The van der Waals surface area contributed by atoms with Crippen LogP contribution in [-0.4, -0.2) is 33.5 Å². The molecule has 2 aromatic carbocycles. The molecule has 0 aliphatic carbocycles. The Morgan fingerprint density at radius 2 is 1.97 bits per heavy atom. The number of nitrogens with one attached hydrogen (secondary N) is 1. The van der Waals surface area contributed by atoms with Crippen molar-refractivity contribution in [1.82, 2.24) is 14.8 Å². The highest BCUT2D eigenvalue weighted by Crippen LogP contribution is 2.32. The zero-order valence-electron chi connectivity index (χ0n) is 16.9. The fourth-order valence-corrected chi connectivity index (χ4v) is 4.13. The molecule has 0 fully saturated rings. The monoisotopic (exact) mass is 488 g/mol. The van der Waals surface area contributed by atoms with Gasteiger partial charge in [0.2, 0.25) is 5.91 Å². The van der Waals surface area contributed by atoms with Gasteiger partial charge < -0.3 is 14.5 Å². The van der Waals surface area contributed by atoms with Crippen molar-refractivity contribution in [3.8, 4) is 17.1 Å². The first kappa shape index (κ1) is 22.3. The van der Waals surface area contributed by atoms with E-state index < -0.39 is 0 Å². The first-order valence-corrected chi connectivity index (χ1v) is 11.3. The van der Waals surface area contributed by atoms with Gasteiger partial charge in [0.05, 0.1) is 47.0 Å². The summed E-state index contributed by atoms with van der Waals surface area (Å²) in [6.07, 6.45) is 1.61. The number of carbonyl (C=O) groups excluding carboxylic acids is 1. The van der Waals surface area contributed by atoms with Gasteiger partial charge in [-0.25, -0.2) is 0 Å². The summed E-state index contributed by atoms with van der Waals surface area (Å²) >= 11 is 13.4. The van der Waals surface area contributed by atoms with Crippen molar-refractivity contribution in [2.24, 2.45) is 0 Å². The Labute approximate surface area is 198 Å². The van der Waals surface area contributed by atoms with Gasteiger partial charge >= 0.3 is 0 Å². The summed E-state index contributed by atoms with van der Waals surface area (Å²) in [4.78, 5) is 12.5. The lowest BCUT2D eigenvalue weighted by Gasteiger charge is -2.11. The van der Waals surface area contributed by atoms with Crippen LogP contribution in [0.15, 0.2) is 70.4 Å². The van der Waals surface area contributed by atoms with E-state index >= 15 is 0 Å². The summed E-state index contributed by atoms with van der Waals surface area (Å²) in [6, 6.07) is 16.3. The van der Waals surface area contributed by atoms with Crippen LogP contribution in [0.5, 0.6) is 5.75 Å². The number of amides is 1. The maximum absolute atomic E-state index is 12.5. The number of methoxy groups -OCH3 is 1. The van der Waals surface area contributed by atoms with Crippen LogP contribution in [0, 0.1) is 0 Å². The minimum atomic E-state index is -0.245. The molecule has 32 heavy (non-hydrogen) atoms. The van der Waals surface area contributed by atoms with Gasteiger partial charge in [-0.15, -0.1) is 10.2 Å². The minimum absolute atomic E-state index is 0.102. The molecule has 0 bridgehead atoms. The second-order valence-corrected chi connectivity index (χ2v) is 8.34. The summed E-state index contributed by atoms with van der Waals surface area (Å²) in [7, 11) is 1.60. The molecule has 0 aliphatic rings. The van der Waals surface area contributed by atoms with Crippen molar-refractivity contribution in [2.45, 2.75) is 11.7 Å². The number of halogens is 2. The summed E-state index contributed by atoms with van der Waals surface area (Å²) in [6.45, 7) is 0.400. The van der Waals surface area contributed by atoms with Crippen molar-refractivity contribution in [1.29, 1.82) is 0 Å². The summed E-state index contributed by atoms with van der Waals surface area (Å²) in [5.74, 6) is 1.87. The molecule has 1 N–H and O–H groups in total. The minimum Gasteiger partial charge on any atom is -0.496 e. The van der Waals surface area contributed by atoms with Crippen molar-refractivity contribution in [2.75, 3.05) is 18.2 Å². The maximum atomic E-state index is 12.5. The van der Waals surface area contributed by atoms with E-state index in [1.807, 2.05) is 41.0 Å². The predicted octanol–water partition coefficient (Wildman–Crippen LogP) is 5.63. The number of furan rings is 1. The Bertz CT molecular complexity index is 1230. The first-order valence-electron chi connectivity index (χ1n) is 9.52. The number of para-hydroxylation sites is 1. The molecule has 0 saturated heterocycles. The number of ether oxygens (including phenoxy) is 1. The quantitative estimate of drug-likeness (QED) is 0.323. The molecule has 2 heterocycles. The van der Waals surface area contributed by atoms with Gasteiger partial charge in [0.25, 0.3) is 0 Å². The molecule has 164 valence electrons. The molecular formula is C22H18Cl2N4O3S. The van der Waals surface area contributed by atoms with Gasteiger partial charge in [-0.05, 0) is 36.4 Å². The molecule has 1 amide bonds. The van der Waals surface area contributed by atoms with Gasteiger partial charge in [0, 0.05) is 0 Å². The van der Waals surface area contributed by atoms with E-state index in [0.29, 0.717) is 39.0 Å². The van der Waals surface area contributed by atoms with E-state index in [0.717, 1.165) is 11.3 Å². The molecule has 0 unspecified atom stereocenters. The number of anilines is 1. The lowest BCUT2D eigenvalue weighted by atomic mass is 10.2. The molecule has 0 radical (unpaired) electrons. The Hall–Kier alpha value is -2.94. The van der Waals surface area contributed by atoms with Gasteiger partial charge in [0.15, 0.2) is 11.0 Å². The van der Waals surface area contributed by atoms with Crippen molar-refractivity contribution in [3.63, 3.8) is 0 Å². The van der Waals surface area contributed by atoms with Gasteiger partial charge in [-0.2, -0.15) is 0 Å². The number of aromatic nitrogens is 3. The maximum Gasteiger partial charge on any atom is 0.234 e. The Kier molecular flexibility index (Phi) is 7.04. The van der Waals surface area contributed by atoms with Crippen LogP contribution < -0.4 is 10.1 Å². The zero-order chi connectivity index (χ0) is 22.5. The van der Waals surface area contributed by atoms with Crippen LogP contribution in [0.4, 0.5) is 5.69 Å². The van der Waals surface area contributed by atoms with E-state index in [2.05, 4.69) is 15.5 Å². The second-order valence-electron chi connectivity index (χ2n) is 6.61. The lowest BCUT2D eigenvalue weighted by molar-refractivity contribution is -0.113. The highest BCUT2D eigenvalue weighted by atomic mass is 35.5. The molecule has 7 nitrogen and oxygen atoms in total. The number of carbonyl (C=O) groups is 1. The molecular weight excluding hydrogens is 471 g/mol. The highest BCUT2D eigenvalue weighted by Gasteiger charge is 2.19. The Morgan fingerprint density at radius 1 is 1.12 bits per heavy atom. The Morgan fingerprint density at radius 3 is 2.75 bits per heavy atom. The Balaban J connectivity index is 1.57. The van der Waals surface area contributed by atoms with E-state index in [-0.39, 0.29) is 11.7 Å². The number of hydrogen-bond donors (Lipinski definition) is 1. The number of hydrogen-bond acceptors (Lipinski definition) is 6. The van der Waals surface area contributed by atoms with Crippen molar-refractivity contribution < 1.29 is 13.9 Å². The fraction of sp³-hybridized carbons (Fsp3) is 0.136. The summed E-state index contributed by atoms with van der Waals surface area (Å²) < 4.78 is 12.9. The largest absolute Gasteiger partial charge is 0.496 e. The number of nitrogens with zero attached hydrogens (tertiary/aromatic N) is 3. The van der Waals surface area contributed by atoms with Crippen molar-refractivity contribution >= 4 is 46.6 Å². The van der Waals surface area contributed by atoms with E-state index in [9.17, 15) is 4.79 Å². The molecule has 4 rings (SSSR count). The second kappa shape index (κ2) is 10.1. The smallest absolute Gasteiger partial charge is 0.234 e. The third-order valence-electron chi connectivity index (χ3n) is 4.52. The van der Waals surface area contributed by atoms with Crippen molar-refractivity contribution in [3.05, 3.63) is 76.7 Å². The van der Waals surface area contributed by atoms with E-state index in [1.165, 1.54) is 11.8 Å². The molecule has 0 saturated carbocycles. The fourth-order valence-electron chi connectivity index (χ4n) is 3.04. The number of benzene rings is 2. The topological polar surface area (TPSA) is 82.2 Å². The SMILES string of the molecule is COc1ccccc1-c1nnc(SCC(=O)Nc2cccc(Cl)c2Cl)n1Cc1ccco1. The molecule has 4 aromatic rings. The van der Waals surface area contributed by atoms with Crippen LogP contribution in [0.2, 0.25) is 10.0 Å². The van der Waals surface area contributed by atoms with Gasteiger partial charge in [-0.1, -0.05) is 53.2 Å². The van der Waals surface area contributed by atoms with E-state index in [4.69, 9.17) is 32.4 Å². The molecule has 10 heteroatoms. The molecule has 0 aliphatic heterocycles. The summed E-state index contributed by atoms with van der Waals surface area (Å²) in [5.41, 5.74) is 1.24. The van der Waals surface area contributed by atoms with Crippen LogP contribution in [-0.2, 0) is 11.3 Å². The highest BCUT2D eigenvalue weighted by molar-refractivity contribution is 7.99. The predicted molar refractivity (Wildman–Crippen MR) is 126 cm³/mol. The van der Waals surface area contributed by atoms with Crippen LogP contribution in [0.1, 0.15) is 5.76 Å². The normalized spacial score (nSPS) is 10.8. The standard InChI is InChI=1S/C22H18Cl2N4O3S/c1-30-18-10-3-2-7-15(18)21-26-27-22(28(21)12-14-6-5-11-31-14)32-13-19(29)25-17-9-4-8-16(23)20(17)24/h2-11H,12-13H2,1H3,(H,25,29). The zero-order valence-corrected chi connectivity index (χ0v) is 19.2. The number of rotatable bonds is 8. The average molecular weight is 489 g/mol. The summed E-state index contributed by atoms with van der Waals surface area (Å²) in [5, 5.41) is 12.7. The lowest BCUT2D eigenvalue weighted by Crippen LogP contribution is -2.15. The third-order valence-corrected chi connectivity index (χ3v) is 6.30. The molecule has 2 aromatic heterocycles. The van der Waals surface area contributed by atoms with Gasteiger partial charge in [-0.3, -0.25) is 9.36 Å². The third kappa shape index (κ3) is 4.93. The van der Waals surface area contributed by atoms with E-state index in [1.54, 1.807) is 31.6 Å². The molecule has 0 atom stereocenters. The van der Waals surface area contributed by atoms with Crippen LogP contribution in [0.3, 0.4) is 0 Å².